The topological polar surface area (TPSA) is 90.1 Å². The van der Waals surface area contributed by atoms with Crippen molar-refractivity contribution in [3.05, 3.63) is 77.9 Å². The zero-order valence-corrected chi connectivity index (χ0v) is 20.7. The maximum atomic E-state index is 12.9. The van der Waals surface area contributed by atoms with Crippen molar-refractivity contribution in [2.75, 3.05) is 0 Å². The molecule has 2 aromatic carbocycles. The number of nitrogens with zero attached hydrogens (tertiary/aromatic N) is 3. The zero-order chi connectivity index (χ0) is 26.6. The molecule has 0 saturated carbocycles. The Hall–Kier alpha value is -3.95. The van der Waals surface area contributed by atoms with Crippen molar-refractivity contribution in [2.24, 2.45) is 0 Å². The van der Waals surface area contributed by atoms with Crippen molar-refractivity contribution < 1.29 is 27.2 Å². The van der Waals surface area contributed by atoms with Gasteiger partial charge in [0.15, 0.2) is 0 Å². The number of amides is 1. The van der Waals surface area contributed by atoms with E-state index in [0.717, 1.165) is 28.5 Å². The summed E-state index contributed by atoms with van der Waals surface area (Å²) < 4.78 is 49.6. The molecule has 0 saturated heterocycles. The predicted molar refractivity (Wildman–Crippen MR) is 132 cm³/mol. The average Bonchev–Trinajstić information content (AvgIpc) is 3.30. The van der Waals surface area contributed by atoms with E-state index in [-0.39, 0.29) is 0 Å². The van der Waals surface area contributed by atoms with Crippen molar-refractivity contribution in [2.45, 2.75) is 57.9 Å². The minimum absolute atomic E-state index is 0.303. The highest BCUT2D eigenvalue weighted by Crippen LogP contribution is 2.29. The molecule has 7 nitrogen and oxygen atoms in total. The molecule has 1 N–H and O–H groups in total. The molecule has 10 heteroatoms. The van der Waals surface area contributed by atoms with Gasteiger partial charge >= 0.3 is 12.3 Å². The Morgan fingerprint density at radius 2 is 1.81 bits per heavy atom. The quantitative estimate of drug-likeness (QED) is 0.309. The van der Waals surface area contributed by atoms with Gasteiger partial charge in [0.05, 0.1) is 5.56 Å². The number of alkyl carbamates (subject to hydrolysis) is 1. The molecule has 0 aliphatic heterocycles. The molecule has 194 valence electrons. The smallest absolute Gasteiger partial charge is 0.416 e. The minimum Gasteiger partial charge on any atom is -0.444 e. The van der Waals surface area contributed by atoms with Crippen molar-refractivity contribution in [1.82, 2.24) is 20.4 Å². The first-order chi connectivity index (χ1) is 17.5. The maximum Gasteiger partial charge on any atom is 0.416 e. The highest BCUT2D eigenvalue weighted by molar-refractivity contribution is 5.85. The molecule has 37 heavy (non-hydrogen) atoms. The predicted octanol–water partition coefficient (Wildman–Crippen LogP) is 6.37. The molecule has 0 fully saturated rings. The summed E-state index contributed by atoms with van der Waals surface area (Å²) in [6.07, 6.45) is -0.475. The summed E-state index contributed by atoms with van der Waals surface area (Å²) in [5, 5.41) is 8.89. The summed E-state index contributed by atoms with van der Waals surface area (Å²) in [7, 11) is 0. The Morgan fingerprint density at radius 3 is 2.51 bits per heavy atom. The third kappa shape index (κ3) is 7.28. The van der Waals surface area contributed by atoms with Gasteiger partial charge in [-0.15, -0.1) is 0 Å². The lowest BCUT2D eigenvalue weighted by molar-refractivity contribution is -0.137. The number of benzene rings is 2. The van der Waals surface area contributed by atoms with Gasteiger partial charge in [0.2, 0.25) is 11.7 Å². The molecule has 0 spiro atoms. The lowest BCUT2D eigenvalue weighted by Crippen LogP contribution is -2.40. The third-order valence-corrected chi connectivity index (χ3v) is 5.56. The number of hydrogen-bond acceptors (Lipinski definition) is 6. The average molecular weight is 513 g/mol. The summed E-state index contributed by atoms with van der Waals surface area (Å²) in [5.41, 5.74) is 0.0179. The molecular formula is C27H27F3N4O3. The Labute approximate surface area is 212 Å². The van der Waals surface area contributed by atoms with Crippen LogP contribution in [-0.4, -0.2) is 32.9 Å². The van der Waals surface area contributed by atoms with E-state index in [2.05, 4.69) is 20.4 Å². The standard InChI is InChI=1S/C27H27F3N4O3/c1-26(2,3)36-25(35)32-22(14-17-4-8-21(9-5-17)27(28,29)30)10-11-23-33-24(34-37-23)19-6-7-20-16-31-13-12-18(20)15-19/h4-9,12-13,15-16,22H,10-11,14H2,1-3H3,(H,32,35). The van der Waals surface area contributed by atoms with Gasteiger partial charge in [-0.1, -0.05) is 29.4 Å². The van der Waals surface area contributed by atoms with E-state index < -0.39 is 29.5 Å². The second kappa shape index (κ2) is 10.6. The number of halogens is 3. The Balaban J connectivity index is 1.46. The van der Waals surface area contributed by atoms with Crippen molar-refractivity contribution in [3.63, 3.8) is 0 Å². The van der Waals surface area contributed by atoms with Gasteiger partial charge in [-0.05, 0) is 68.8 Å². The molecule has 2 aromatic heterocycles. The number of hydrogen-bond donors (Lipinski definition) is 1. The SMILES string of the molecule is CC(C)(C)OC(=O)NC(CCc1nc(-c2ccc3cnccc3c2)no1)Cc1ccc(C(F)(F)F)cc1. The molecule has 1 atom stereocenters. The van der Waals surface area contributed by atoms with Crippen LogP contribution in [0.4, 0.5) is 18.0 Å². The van der Waals surface area contributed by atoms with Crippen LogP contribution in [0.2, 0.25) is 0 Å². The monoisotopic (exact) mass is 512 g/mol. The zero-order valence-electron chi connectivity index (χ0n) is 20.7. The van der Waals surface area contributed by atoms with Gasteiger partial charge in [0, 0.05) is 35.8 Å². The summed E-state index contributed by atoms with van der Waals surface area (Å²) >= 11 is 0. The van der Waals surface area contributed by atoms with E-state index in [4.69, 9.17) is 9.26 Å². The highest BCUT2D eigenvalue weighted by atomic mass is 19.4. The largest absolute Gasteiger partial charge is 0.444 e. The lowest BCUT2D eigenvalue weighted by atomic mass is 10.0. The van der Waals surface area contributed by atoms with Gasteiger partial charge < -0.3 is 14.6 Å². The molecule has 4 aromatic rings. The Morgan fingerprint density at radius 1 is 1.05 bits per heavy atom. The second-order valence-corrected chi connectivity index (χ2v) is 9.73. The van der Waals surface area contributed by atoms with Gasteiger partial charge in [-0.2, -0.15) is 18.2 Å². The minimum atomic E-state index is -4.41. The van der Waals surface area contributed by atoms with Gasteiger partial charge in [-0.25, -0.2) is 4.79 Å². The number of aromatic nitrogens is 3. The van der Waals surface area contributed by atoms with Gasteiger partial charge in [0.25, 0.3) is 0 Å². The first-order valence-electron chi connectivity index (χ1n) is 11.8. The van der Waals surface area contributed by atoms with E-state index in [0.29, 0.717) is 36.5 Å². The van der Waals surface area contributed by atoms with Crippen LogP contribution in [-0.2, 0) is 23.8 Å². The summed E-state index contributed by atoms with van der Waals surface area (Å²) in [6, 6.07) is 12.1. The number of carbonyl (C=O) groups is 1. The molecule has 4 rings (SSSR count). The first-order valence-corrected chi connectivity index (χ1v) is 11.8. The number of alkyl halides is 3. The summed E-state index contributed by atoms with van der Waals surface area (Å²) in [4.78, 5) is 21.0. The van der Waals surface area contributed by atoms with Crippen LogP contribution in [0.3, 0.4) is 0 Å². The molecule has 0 aliphatic carbocycles. The fourth-order valence-electron chi connectivity index (χ4n) is 3.81. The van der Waals surface area contributed by atoms with Crippen LogP contribution in [0.15, 0.2) is 65.4 Å². The van der Waals surface area contributed by atoms with E-state index in [1.165, 1.54) is 12.1 Å². The van der Waals surface area contributed by atoms with Crippen LogP contribution < -0.4 is 5.32 Å². The molecular weight excluding hydrogens is 485 g/mol. The normalized spacial score (nSPS) is 12.9. The van der Waals surface area contributed by atoms with Gasteiger partial charge in [0.1, 0.15) is 5.60 Å². The number of fused-ring (bicyclic) bond motifs is 1. The Bertz CT molecular complexity index is 1360. The number of pyridine rings is 1. The second-order valence-electron chi connectivity index (χ2n) is 9.73. The molecule has 1 unspecified atom stereocenters. The maximum absolute atomic E-state index is 12.9. The Kier molecular flexibility index (Phi) is 7.47. The van der Waals surface area contributed by atoms with Crippen molar-refractivity contribution in [3.8, 4) is 11.4 Å². The van der Waals surface area contributed by atoms with Crippen LogP contribution in [0.5, 0.6) is 0 Å². The van der Waals surface area contributed by atoms with Crippen molar-refractivity contribution >= 4 is 16.9 Å². The first kappa shape index (κ1) is 26.1. The number of carbonyl (C=O) groups excluding carboxylic acids is 1. The third-order valence-electron chi connectivity index (χ3n) is 5.56. The van der Waals surface area contributed by atoms with E-state index >= 15 is 0 Å². The van der Waals surface area contributed by atoms with E-state index in [1.807, 2.05) is 24.3 Å². The molecule has 2 heterocycles. The molecule has 0 bridgehead atoms. The van der Waals surface area contributed by atoms with E-state index in [9.17, 15) is 18.0 Å². The van der Waals surface area contributed by atoms with Gasteiger partial charge in [-0.3, -0.25) is 4.98 Å². The number of aryl methyl sites for hydroxylation is 1. The summed E-state index contributed by atoms with van der Waals surface area (Å²) in [6.45, 7) is 5.25. The lowest BCUT2D eigenvalue weighted by Gasteiger charge is -2.23. The van der Waals surface area contributed by atoms with Crippen LogP contribution in [0.25, 0.3) is 22.2 Å². The number of ether oxygens (including phenoxy) is 1. The molecule has 1 amide bonds. The fourth-order valence-corrected chi connectivity index (χ4v) is 3.81. The van der Waals surface area contributed by atoms with E-state index in [1.54, 1.807) is 33.2 Å². The molecule has 0 radical (unpaired) electrons. The molecule has 0 aliphatic rings. The number of nitrogens with one attached hydrogen (secondary N) is 1. The number of rotatable bonds is 7. The highest BCUT2D eigenvalue weighted by Gasteiger charge is 2.30. The van der Waals surface area contributed by atoms with Crippen molar-refractivity contribution in [1.29, 1.82) is 0 Å². The van der Waals surface area contributed by atoms with Crippen LogP contribution in [0.1, 0.15) is 44.2 Å². The van der Waals surface area contributed by atoms with Crippen LogP contribution in [0, 0.1) is 0 Å². The fraction of sp³-hybridized carbons (Fsp3) is 0.333. The van der Waals surface area contributed by atoms with Crippen LogP contribution >= 0.6 is 0 Å². The summed E-state index contributed by atoms with van der Waals surface area (Å²) in [5.74, 6) is 0.821.